The summed E-state index contributed by atoms with van der Waals surface area (Å²) in [5.41, 5.74) is 5.76. The summed E-state index contributed by atoms with van der Waals surface area (Å²) in [6.45, 7) is 3.90. The lowest BCUT2D eigenvalue weighted by molar-refractivity contribution is -0.212. The van der Waals surface area contributed by atoms with E-state index in [1.54, 1.807) is 0 Å². The monoisotopic (exact) mass is 613 g/mol. The van der Waals surface area contributed by atoms with Gasteiger partial charge in [-0.3, -0.25) is 4.90 Å². The molecule has 5 aromatic carbocycles. The topological polar surface area (TPSA) is 40.2 Å². The Labute approximate surface area is 273 Å². The van der Waals surface area contributed by atoms with Gasteiger partial charge in [-0.15, -0.1) is 0 Å². The first-order valence-corrected chi connectivity index (χ1v) is 16.2. The van der Waals surface area contributed by atoms with Gasteiger partial charge in [0.1, 0.15) is 12.2 Å². The van der Waals surface area contributed by atoms with Crippen LogP contribution in [0, 0.1) is 0 Å². The Balaban J connectivity index is 1.31. The van der Waals surface area contributed by atoms with Crippen molar-refractivity contribution < 1.29 is 18.9 Å². The largest absolute Gasteiger partial charge is 0.375 e. The Morgan fingerprint density at radius 1 is 0.435 bits per heavy atom. The second-order valence-corrected chi connectivity index (χ2v) is 11.8. The highest BCUT2D eigenvalue weighted by Gasteiger charge is 2.46. The lowest BCUT2D eigenvalue weighted by Crippen LogP contribution is -2.64. The molecule has 1 aliphatic heterocycles. The van der Waals surface area contributed by atoms with Crippen molar-refractivity contribution in [3.05, 3.63) is 179 Å². The third kappa shape index (κ3) is 9.23. The maximum Gasteiger partial charge on any atom is 0.113 e. The van der Waals surface area contributed by atoms with Gasteiger partial charge in [-0.2, -0.15) is 0 Å². The molecule has 46 heavy (non-hydrogen) atoms. The molecule has 1 fully saturated rings. The third-order valence-electron chi connectivity index (χ3n) is 8.46. The van der Waals surface area contributed by atoms with Crippen molar-refractivity contribution in [1.82, 2.24) is 4.90 Å². The molecule has 5 nitrogen and oxygen atoms in total. The summed E-state index contributed by atoms with van der Waals surface area (Å²) < 4.78 is 27.0. The highest BCUT2D eigenvalue weighted by molar-refractivity contribution is 5.18. The summed E-state index contributed by atoms with van der Waals surface area (Å²) in [5.74, 6) is 0. The summed E-state index contributed by atoms with van der Waals surface area (Å²) >= 11 is 0. The van der Waals surface area contributed by atoms with Crippen LogP contribution in [0.3, 0.4) is 0 Å². The fourth-order valence-electron chi connectivity index (χ4n) is 6.05. The smallest absolute Gasteiger partial charge is 0.113 e. The number of ether oxygens (including phenoxy) is 4. The number of hydrogen-bond acceptors (Lipinski definition) is 5. The number of nitrogens with zero attached hydrogens (tertiary/aromatic N) is 1. The minimum absolute atomic E-state index is 0.0648. The van der Waals surface area contributed by atoms with Crippen molar-refractivity contribution in [2.45, 2.75) is 57.3 Å². The van der Waals surface area contributed by atoms with Crippen LogP contribution in [0.1, 0.15) is 27.8 Å². The molecule has 1 saturated heterocycles. The van der Waals surface area contributed by atoms with Gasteiger partial charge in [-0.1, -0.05) is 152 Å². The molecule has 0 spiro atoms. The van der Waals surface area contributed by atoms with Crippen LogP contribution in [-0.2, 0) is 51.9 Å². The van der Waals surface area contributed by atoms with E-state index < -0.39 is 0 Å². The van der Waals surface area contributed by atoms with Crippen LogP contribution < -0.4 is 0 Å². The number of hydrogen-bond donors (Lipinski definition) is 0. The predicted octanol–water partition coefficient (Wildman–Crippen LogP) is 7.84. The molecule has 5 heteroatoms. The van der Waals surface area contributed by atoms with Gasteiger partial charge >= 0.3 is 0 Å². The van der Waals surface area contributed by atoms with Gasteiger partial charge in [0.25, 0.3) is 0 Å². The highest BCUT2D eigenvalue weighted by atomic mass is 16.6. The normalized spacial score (nSPS) is 20.0. The van der Waals surface area contributed by atoms with Gasteiger partial charge in [0, 0.05) is 13.1 Å². The minimum Gasteiger partial charge on any atom is -0.375 e. The SMILES string of the molecule is c1ccc(COC[C@@H]2[C@H](OCc3ccccc3)[C@@H](OCc3ccccc3)[C@H](OCc3ccccc3)CN2Cc2ccccc2)cc1. The summed E-state index contributed by atoms with van der Waals surface area (Å²) in [6.07, 6.45) is -0.846. The molecule has 1 aliphatic rings. The fourth-order valence-corrected chi connectivity index (χ4v) is 6.05. The molecule has 0 bridgehead atoms. The van der Waals surface area contributed by atoms with E-state index in [9.17, 15) is 0 Å². The number of rotatable bonds is 15. The van der Waals surface area contributed by atoms with Crippen LogP contribution in [0.2, 0.25) is 0 Å². The Hall–Kier alpha value is -4.10. The Morgan fingerprint density at radius 2 is 0.826 bits per heavy atom. The van der Waals surface area contributed by atoms with Crippen LogP contribution >= 0.6 is 0 Å². The van der Waals surface area contributed by atoms with Crippen molar-refractivity contribution in [3.63, 3.8) is 0 Å². The lowest BCUT2D eigenvalue weighted by Gasteiger charge is -2.48. The van der Waals surface area contributed by atoms with E-state index in [1.165, 1.54) is 5.56 Å². The minimum atomic E-state index is -0.315. The van der Waals surface area contributed by atoms with E-state index in [1.807, 2.05) is 36.4 Å². The zero-order chi connectivity index (χ0) is 31.2. The van der Waals surface area contributed by atoms with E-state index in [-0.39, 0.29) is 24.4 Å². The second-order valence-electron chi connectivity index (χ2n) is 11.8. The molecule has 4 atom stereocenters. The average molecular weight is 614 g/mol. The maximum atomic E-state index is 6.91. The van der Waals surface area contributed by atoms with Gasteiger partial charge in [0.05, 0.1) is 45.2 Å². The first kappa shape index (κ1) is 31.9. The summed E-state index contributed by atoms with van der Waals surface area (Å²) in [4.78, 5) is 2.47. The molecule has 1 heterocycles. The molecule has 0 unspecified atom stereocenters. The van der Waals surface area contributed by atoms with Gasteiger partial charge in [0.2, 0.25) is 0 Å². The van der Waals surface area contributed by atoms with Crippen molar-refractivity contribution in [1.29, 1.82) is 0 Å². The van der Waals surface area contributed by atoms with Crippen molar-refractivity contribution in [2.24, 2.45) is 0 Å². The maximum absolute atomic E-state index is 6.91. The van der Waals surface area contributed by atoms with E-state index in [0.29, 0.717) is 39.6 Å². The first-order chi connectivity index (χ1) is 22.8. The van der Waals surface area contributed by atoms with Crippen molar-refractivity contribution in [3.8, 4) is 0 Å². The van der Waals surface area contributed by atoms with E-state index in [2.05, 4.69) is 120 Å². The molecule has 0 saturated carbocycles. The molecule has 6 rings (SSSR count). The lowest BCUT2D eigenvalue weighted by atomic mass is 9.92. The van der Waals surface area contributed by atoms with Crippen LogP contribution in [0.5, 0.6) is 0 Å². The molecule has 5 aromatic rings. The molecule has 0 aromatic heterocycles. The van der Waals surface area contributed by atoms with Crippen LogP contribution in [0.4, 0.5) is 0 Å². The quantitative estimate of drug-likeness (QED) is 0.120. The van der Waals surface area contributed by atoms with Crippen LogP contribution in [0.25, 0.3) is 0 Å². The Morgan fingerprint density at radius 3 is 1.30 bits per heavy atom. The van der Waals surface area contributed by atoms with Crippen LogP contribution in [-0.4, -0.2) is 42.4 Å². The van der Waals surface area contributed by atoms with Crippen molar-refractivity contribution >= 4 is 0 Å². The van der Waals surface area contributed by atoms with Gasteiger partial charge in [-0.05, 0) is 27.8 Å². The van der Waals surface area contributed by atoms with Gasteiger partial charge in [-0.25, -0.2) is 0 Å². The average Bonchev–Trinajstić information content (AvgIpc) is 3.12. The zero-order valence-corrected chi connectivity index (χ0v) is 26.3. The number of benzene rings is 5. The number of piperidine rings is 1. The van der Waals surface area contributed by atoms with E-state index in [0.717, 1.165) is 28.8 Å². The van der Waals surface area contributed by atoms with E-state index >= 15 is 0 Å². The summed E-state index contributed by atoms with van der Waals surface area (Å²) in [7, 11) is 0. The molecule has 0 N–H and O–H groups in total. The molecule has 236 valence electrons. The van der Waals surface area contributed by atoms with Crippen molar-refractivity contribution in [2.75, 3.05) is 13.2 Å². The van der Waals surface area contributed by atoms with Gasteiger partial charge < -0.3 is 18.9 Å². The molecular weight excluding hydrogens is 570 g/mol. The fraction of sp³-hybridized carbons (Fsp3) is 0.268. The summed E-state index contributed by atoms with van der Waals surface area (Å²) in [5, 5.41) is 0. The Kier molecular flexibility index (Phi) is 11.8. The molecule has 0 amide bonds. The van der Waals surface area contributed by atoms with Crippen LogP contribution in [0.15, 0.2) is 152 Å². The number of likely N-dealkylation sites (tertiary alicyclic amines) is 1. The first-order valence-electron chi connectivity index (χ1n) is 16.2. The van der Waals surface area contributed by atoms with E-state index in [4.69, 9.17) is 18.9 Å². The predicted molar refractivity (Wildman–Crippen MR) is 182 cm³/mol. The Bertz CT molecular complexity index is 1530. The second kappa shape index (κ2) is 17.0. The summed E-state index contributed by atoms with van der Waals surface area (Å²) in [6, 6.07) is 51.9. The molecule has 0 aliphatic carbocycles. The standard InChI is InChI=1S/C41H43NO4/c1-6-16-33(17-7-1)26-42-27-39(44-29-35-20-10-3-11-21-35)41(46-31-37-24-14-5-15-25-37)40(45-30-36-22-12-4-13-23-36)38(42)32-43-28-34-18-8-2-9-19-34/h1-25,38-41H,26-32H2/t38-,39-,40+,41+/m1/s1. The zero-order valence-electron chi connectivity index (χ0n) is 26.3. The third-order valence-corrected chi connectivity index (χ3v) is 8.46. The molecule has 0 radical (unpaired) electrons. The molecular formula is C41H43NO4. The van der Waals surface area contributed by atoms with Gasteiger partial charge in [0.15, 0.2) is 0 Å². The highest BCUT2D eigenvalue weighted by Crippen LogP contribution is 2.30.